The molecule has 4 rings (SSSR count). The molecule has 0 aliphatic rings. The normalized spacial score (nSPS) is 11.1. The lowest BCUT2D eigenvalue weighted by molar-refractivity contribution is 0.102. The number of methoxy groups -OCH3 is 1. The molecular formula is C22H23N5O2. The summed E-state index contributed by atoms with van der Waals surface area (Å²) >= 11 is 0. The van der Waals surface area contributed by atoms with Crippen LogP contribution in [0.15, 0.2) is 30.5 Å². The van der Waals surface area contributed by atoms with Crippen LogP contribution < -0.4 is 10.1 Å². The molecule has 0 saturated heterocycles. The predicted molar refractivity (Wildman–Crippen MR) is 114 cm³/mol. The molecule has 3 N–H and O–H groups in total. The first-order valence-corrected chi connectivity index (χ1v) is 9.35. The summed E-state index contributed by atoms with van der Waals surface area (Å²) in [4.78, 5) is 20.4. The molecule has 7 nitrogen and oxygen atoms in total. The van der Waals surface area contributed by atoms with Gasteiger partial charge in [0.2, 0.25) is 0 Å². The van der Waals surface area contributed by atoms with Crippen molar-refractivity contribution < 1.29 is 9.53 Å². The predicted octanol–water partition coefficient (Wildman–Crippen LogP) is 4.45. The van der Waals surface area contributed by atoms with E-state index < -0.39 is 0 Å². The van der Waals surface area contributed by atoms with E-state index in [1.165, 1.54) is 0 Å². The molecule has 148 valence electrons. The number of aromatic amines is 2. The lowest BCUT2D eigenvalue weighted by Gasteiger charge is -2.11. The second-order valence-electron chi connectivity index (χ2n) is 7.17. The number of carbonyl (C=O) groups excluding carboxylic acids is 1. The number of hydrogen-bond acceptors (Lipinski definition) is 4. The molecule has 0 fully saturated rings. The maximum atomic E-state index is 12.5. The van der Waals surface area contributed by atoms with Gasteiger partial charge in [0.05, 0.1) is 24.7 Å². The van der Waals surface area contributed by atoms with Crippen LogP contribution in [0.1, 0.15) is 32.9 Å². The summed E-state index contributed by atoms with van der Waals surface area (Å²) in [6.45, 7) is 7.85. The molecule has 3 heterocycles. The molecular weight excluding hydrogens is 366 g/mol. The van der Waals surface area contributed by atoms with E-state index in [2.05, 4.69) is 32.4 Å². The van der Waals surface area contributed by atoms with Gasteiger partial charge in [-0.2, -0.15) is 5.10 Å². The van der Waals surface area contributed by atoms with Crippen LogP contribution in [0.25, 0.3) is 22.3 Å². The quantitative estimate of drug-likeness (QED) is 0.480. The molecule has 1 aromatic carbocycles. The number of nitrogens with one attached hydrogen (secondary N) is 3. The van der Waals surface area contributed by atoms with Gasteiger partial charge in [-0.3, -0.25) is 9.89 Å². The molecule has 7 heteroatoms. The molecule has 0 aliphatic heterocycles. The second-order valence-corrected chi connectivity index (χ2v) is 7.17. The molecule has 0 radical (unpaired) electrons. The third-order valence-corrected chi connectivity index (χ3v) is 5.46. The van der Waals surface area contributed by atoms with Gasteiger partial charge in [-0.15, -0.1) is 0 Å². The Morgan fingerprint density at radius 1 is 1.07 bits per heavy atom. The van der Waals surface area contributed by atoms with Crippen LogP contribution in [0.3, 0.4) is 0 Å². The highest BCUT2D eigenvalue weighted by Gasteiger charge is 2.15. The fourth-order valence-electron chi connectivity index (χ4n) is 3.44. The number of H-pyrrole nitrogens is 2. The highest BCUT2D eigenvalue weighted by Crippen LogP contribution is 2.32. The van der Waals surface area contributed by atoms with Gasteiger partial charge in [-0.1, -0.05) is 0 Å². The Morgan fingerprint density at radius 2 is 1.86 bits per heavy atom. The first-order valence-electron chi connectivity index (χ1n) is 9.35. The van der Waals surface area contributed by atoms with Crippen molar-refractivity contribution in [2.24, 2.45) is 0 Å². The lowest BCUT2D eigenvalue weighted by Crippen LogP contribution is -2.13. The Bertz CT molecular complexity index is 1240. The average Bonchev–Trinajstić information content (AvgIpc) is 3.27. The third kappa shape index (κ3) is 3.24. The summed E-state index contributed by atoms with van der Waals surface area (Å²) in [5, 5.41) is 10.7. The van der Waals surface area contributed by atoms with E-state index in [0.29, 0.717) is 11.4 Å². The summed E-state index contributed by atoms with van der Waals surface area (Å²) in [7, 11) is 1.68. The molecule has 0 atom stereocenters. The van der Waals surface area contributed by atoms with Crippen LogP contribution in [-0.2, 0) is 0 Å². The molecule has 3 aromatic heterocycles. The summed E-state index contributed by atoms with van der Waals surface area (Å²) < 4.78 is 5.40. The van der Waals surface area contributed by atoms with Crippen molar-refractivity contribution in [3.63, 3.8) is 0 Å². The molecule has 4 aromatic rings. The van der Waals surface area contributed by atoms with Crippen molar-refractivity contribution in [1.29, 1.82) is 0 Å². The molecule has 0 unspecified atom stereocenters. The fourth-order valence-corrected chi connectivity index (χ4v) is 3.44. The van der Waals surface area contributed by atoms with E-state index >= 15 is 0 Å². The number of carbonyl (C=O) groups is 1. The topological polar surface area (TPSA) is 95.7 Å². The minimum absolute atomic E-state index is 0.235. The van der Waals surface area contributed by atoms with Crippen LogP contribution in [0.2, 0.25) is 0 Å². The Balaban J connectivity index is 1.66. The number of nitrogens with zero attached hydrogens (tertiary/aromatic N) is 2. The number of amides is 1. The van der Waals surface area contributed by atoms with E-state index in [1.807, 2.05) is 45.0 Å². The molecule has 1 amide bonds. The minimum atomic E-state index is -0.235. The SMILES string of the molecule is COc1ccc(-c2cc3cc(NC(=O)c4[nH]nc(C)c4C)cnc3[nH]2)c(C)c1C. The average molecular weight is 389 g/mol. The monoisotopic (exact) mass is 389 g/mol. The number of rotatable bonds is 4. The Morgan fingerprint density at radius 3 is 2.55 bits per heavy atom. The summed E-state index contributed by atoms with van der Waals surface area (Å²) in [6, 6.07) is 7.96. The minimum Gasteiger partial charge on any atom is -0.496 e. The lowest BCUT2D eigenvalue weighted by atomic mass is 10.00. The van der Waals surface area contributed by atoms with E-state index in [-0.39, 0.29) is 5.91 Å². The number of hydrogen-bond donors (Lipinski definition) is 3. The molecule has 0 aliphatic carbocycles. The largest absolute Gasteiger partial charge is 0.496 e. The summed E-state index contributed by atoms with van der Waals surface area (Å²) in [5.41, 5.74) is 7.82. The first kappa shape index (κ1) is 18.7. The first-order chi connectivity index (χ1) is 13.9. The van der Waals surface area contributed by atoms with Crippen molar-refractivity contribution in [1.82, 2.24) is 20.2 Å². The molecule has 0 saturated carbocycles. The van der Waals surface area contributed by atoms with E-state index in [0.717, 1.165) is 50.4 Å². The van der Waals surface area contributed by atoms with E-state index in [4.69, 9.17) is 4.74 Å². The maximum Gasteiger partial charge on any atom is 0.273 e. The van der Waals surface area contributed by atoms with Gasteiger partial charge in [0, 0.05) is 22.2 Å². The number of aryl methyl sites for hydroxylation is 1. The van der Waals surface area contributed by atoms with Gasteiger partial charge < -0.3 is 15.0 Å². The number of aromatic nitrogens is 4. The number of benzene rings is 1. The number of ether oxygens (including phenoxy) is 1. The highest BCUT2D eigenvalue weighted by molar-refractivity contribution is 6.04. The van der Waals surface area contributed by atoms with Crippen LogP contribution in [0, 0.1) is 27.7 Å². The van der Waals surface area contributed by atoms with Crippen molar-refractivity contribution in [3.05, 3.63) is 58.5 Å². The summed E-state index contributed by atoms with van der Waals surface area (Å²) in [6.07, 6.45) is 1.64. The van der Waals surface area contributed by atoms with Gasteiger partial charge in [-0.05, 0) is 63.1 Å². The third-order valence-electron chi connectivity index (χ3n) is 5.46. The van der Waals surface area contributed by atoms with Crippen LogP contribution >= 0.6 is 0 Å². The van der Waals surface area contributed by atoms with E-state index in [9.17, 15) is 4.79 Å². The van der Waals surface area contributed by atoms with Crippen LogP contribution in [0.4, 0.5) is 5.69 Å². The van der Waals surface area contributed by atoms with Crippen LogP contribution in [-0.4, -0.2) is 33.2 Å². The number of pyridine rings is 1. The zero-order valence-corrected chi connectivity index (χ0v) is 17.1. The summed E-state index contributed by atoms with van der Waals surface area (Å²) in [5.74, 6) is 0.636. The smallest absolute Gasteiger partial charge is 0.273 e. The fraction of sp³-hybridized carbons (Fsp3) is 0.227. The second kappa shape index (κ2) is 7.09. The van der Waals surface area contributed by atoms with Gasteiger partial charge in [0.15, 0.2) is 0 Å². The zero-order chi connectivity index (χ0) is 20.7. The van der Waals surface area contributed by atoms with Gasteiger partial charge in [-0.25, -0.2) is 4.98 Å². The highest BCUT2D eigenvalue weighted by atomic mass is 16.5. The van der Waals surface area contributed by atoms with Crippen molar-refractivity contribution in [2.45, 2.75) is 27.7 Å². The zero-order valence-electron chi connectivity index (χ0n) is 17.1. The van der Waals surface area contributed by atoms with Gasteiger partial charge in [0.25, 0.3) is 5.91 Å². The number of anilines is 1. The van der Waals surface area contributed by atoms with Gasteiger partial charge >= 0.3 is 0 Å². The Kier molecular flexibility index (Phi) is 4.58. The standard InChI is InChI=1S/C22H23N5O2/c1-11-12(2)19(29-5)7-6-17(11)18-9-15-8-16(10-23-21(15)25-18)24-22(28)20-13(3)14(4)26-27-20/h6-10H,1-5H3,(H,23,25)(H,24,28)(H,26,27). The molecule has 0 bridgehead atoms. The van der Waals surface area contributed by atoms with Crippen LogP contribution in [0.5, 0.6) is 5.75 Å². The molecule has 29 heavy (non-hydrogen) atoms. The Labute approximate surface area is 168 Å². The molecule has 0 spiro atoms. The van der Waals surface area contributed by atoms with Gasteiger partial charge in [0.1, 0.15) is 17.1 Å². The van der Waals surface area contributed by atoms with Crippen molar-refractivity contribution in [2.75, 3.05) is 12.4 Å². The van der Waals surface area contributed by atoms with Crippen molar-refractivity contribution in [3.8, 4) is 17.0 Å². The van der Waals surface area contributed by atoms with Crippen molar-refractivity contribution >= 4 is 22.6 Å². The maximum absolute atomic E-state index is 12.5. The van der Waals surface area contributed by atoms with E-state index in [1.54, 1.807) is 13.3 Å². The number of fused-ring (bicyclic) bond motifs is 1. The Hall–Kier alpha value is -3.61.